The van der Waals surface area contributed by atoms with E-state index in [9.17, 15) is 13.2 Å². The first-order valence-electron chi connectivity index (χ1n) is 5.55. The Morgan fingerprint density at radius 3 is 2.47 bits per heavy atom. The van der Waals surface area contributed by atoms with Crippen molar-refractivity contribution in [3.63, 3.8) is 0 Å². The number of nitrogens with zero attached hydrogens (tertiary/aromatic N) is 1. The van der Waals surface area contributed by atoms with Crippen molar-refractivity contribution in [2.24, 2.45) is 0 Å². The van der Waals surface area contributed by atoms with Crippen LogP contribution >= 0.6 is 0 Å². The van der Waals surface area contributed by atoms with Gasteiger partial charge in [0.2, 0.25) is 10.0 Å². The summed E-state index contributed by atoms with van der Waals surface area (Å²) in [6, 6.07) is 7.01. The van der Waals surface area contributed by atoms with Crippen molar-refractivity contribution in [1.82, 2.24) is 4.72 Å². The van der Waals surface area contributed by atoms with Gasteiger partial charge in [0.25, 0.3) is 0 Å². The van der Waals surface area contributed by atoms with Crippen molar-refractivity contribution >= 4 is 16.0 Å². The van der Waals surface area contributed by atoms with Gasteiger partial charge in [-0.25, -0.2) is 13.1 Å². The van der Waals surface area contributed by atoms with Gasteiger partial charge in [0.15, 0.2) is 0 Å². The van der Waals surface area contributed by atoms with Crippen LogP contribution in [0.15, 0.2) is 29.2 Å². The van der Waals surface area contributed by atoms with Gasteiger partial charge >= 0.3 is 5.97 Å². The summed E-state index contributed by atoms with van der Waals surface area (Å²) in [6.07, 6.45) is -0.0745. The maximum atomic E-state index is 11.9. The van der Waals surface area contributed by atoms with E-state index in [0.717, 1.165) is 0 Å². The number of nitrogens with one attached hydrogen (secondary N) is 1. The summed E-state index contributed by atoms with van der Waals surface area (Å²) < 4.78 is 26.2. The molecule has 0 aliphatic carbocycles. The van der Waals surface area contributed by atoms with Crippen LogP contribution in [0.3, 0.4) is 0 Å². The van der Waals surface area contributed by atoms with E-state index in [2.05, 4.69) is 4.72 Å². The molecule has 0 aliphatic rings. The van der Waals surface area contributed by atoms with Gasteiger partial charge in [0.1, 0.15) is 0 Å². The Bertz CT molecular complexity index is 587. The third kappa shape index (κ3) is 4.69. The van der Waals surface area contributed by atoms with Crippen LogP contribution in [0.25, 0.3) is 0 Å². The summed E-state index contributed by atoms with van der Waals surface area (Å²) in [4.78, 5) is 10.6. The molecule has 0 heterocycles. The highest BCUT2D eigenvalue weighted by Gasteiger charge is 2.17. The van der Waals surface area contributed by atoms with E-state index in [-0.39, 0.29) is 17.7 Å². The van der Waals surface area contributed by atoms with Crippen molar-refractivity contribution < 1.29 is 18.3 Å². The second kappa shape index (κ2) is 6.31. The molecule has 0 fully saturated rings. The molecule has 1 aromatic carbocycles. The lowest BCUT2D eigenvalue weighted by Crippen LogP contribution is -2.32. The number of aliphatic carboxylic acids is 1. The lowest BCUT2D eigenvalue weighted by molar-refractivity contribution is -0.136. The van der Waals surface area contributed by atoms with Crippen LogP contribution in [-0.4, -0.2) is 25.5 Å². The van der Waals surface area contributed by atoms with E-state index in [4.69, 9.17) is 10.4 Å². The van der Waals surface area contributed by atoms with E-state index < -0.39 is 22.0 Å². The fourth-order valence-electron chi connectivity index (χ4n) is 1.47. The Labute approximate surface area is 111 Å². The Kier molecular flexibility index (Phi) is 5.03. The molecule has 0 bridgehead atoms. The van der Waals surface area contributed by atoms with Gasteiger partial charge in [-0.3, -0.25) is 4.79 Å². The summed E-state index contributed by atoms with van der Waals surface area (Å²) in [6.45, 7) is 1.60. The molecule has 19 heavy (non-hydrogen) atoms. The van der Waals surface area contributed by atoms with E-state index in [1.165, 1.54) is 24.3 Å². The maximum Gasteiger partial charge on any atom is 0.307 e. The number of hydrogen-bond acceptors (Lipinski definition) is 4. The second-order valence-electron chi connectivity index (χ2n) is 4.10. The Hall–Kier alpha value is -1.91. The molecular formula is C12H14N2O4S. The highest BCUT2D eigenvalue weighted by atomic mass is 32.2. The number of carboxylic acid groups (broad SMARTS) is 1. The highest BCUT2D eigenvalue weighted by Crippen LogP contribution is 2.12. The topological polar surface area (TPSA) is 107 Å². The molecule has 1 unspecified atom stereocenters. The molecule has 7 heteroatoms. The molecule has 102 valence electrons. The summed E-state index contributed by atoms with van der Waals surface area (Å²) in [5.41, 5.74) is 0.525. The molecule has 1 rings (SSSR count). The van der Waals surface area contributed by atoms with Crippen molar-refractivity contribution in [3.05, 3.63) is 29.8 Å². The van der Waals surface area contributed by atoms with Gasteiger partial charge in [-0.1, -0.05) is 12.1 Å². The molecule has 6 nitrogen and oxygen atoms in total. The minimum absolute atomic E-state index is 0.0476. The second-order valence-corrected chi connectivity index (χ2v) is 5.81. The fraction of sp³-hybridized carbons (Fsp3) is 0.333. The predicted molar refractivity (Wildman–Crippen MR) is 67.8 cm³/mol. The average molecular weight is 282 g/mol. The number of hydrogen-bond donors (Lipinski definition) is 2. The molecule has 2 N–H and O–H groups in total. The normalized spacial score (nSPS) is 12.6. The number of sulfonamides is 1. The van der Waals surface area contributed by atoms with Crippen LogP contribution in [0.1, 0.15) is 18.9 Å². The minimum atomic E-state index is -3.68. The van der Waals surface area contributed by atoms with E-state index >= 15 is 0 Å². The molecule has 0 spiro atoms. The number of carboxylic acids is 1. The number of nitriles is 1. The molecule has 0 aromatic heterocycles. The Morgan fingerprint density at radius 2 is 2.00 bits per heavy atom. The standard InChI is InChI=1S/C12H14N2O4S/c1-9(6-7-13)14-19(17,18)11-4-2-10(3-5-11)8-12(15)16/h2-5,9,14H,6,8H2,1H3,(H,15,16). The maximum absolute atomic E-state index is 11.9. The van der Waals surface area contributed by atoms with E-state index in [1.54, 1.807) is 6.92 Å². The Morgan fingerprint density at radius 1 is 1.42 bits per heavy atom. The van der Waals surface area contributed by atoms with Crippen molar-refractivity contribution in [2.75, 3.05) is 0 Å². The van der Waals surface area contributed by atoms with Gasteiger partial charge in [-0.05, 0) is 24.6 Å². The third-order valence-corrected chi connectivity index (χ3v) is 3.95. The van der Waals surface area contributed by atoms with Crippen LogP contribution in [-0.2, 0) is 21.2 Å². The SMILES string of the molecule is CC(CC#N)NS(=O)(=O)c1ccc(CC(=O)O)cc1. The van der Waals surface area contributed by atoms with Crippen LogP contribution in [0.2, 0.25) is 0 Å². The third-order valence-electron chi connectivity index (χ3n) is 2.34. The summed E-state index contributed by atoms with van der Waals surface area (Å²) in [5, 5.41) is 17.1. The monoisotopic (exact) mass is 282 g/mol. The zero-order valence-corrected chi connectivity index (χ0v) is 11.1. The van der Waals surface area contributed by atoms with Crippen LogP contribution in [0, 0.1) is 11.3 Å². The zero-order valence-electron chi connectivity index (χ0n) is 10.3. The summed E-state index contributed by atoms with van der Waals surface area (Å²) in [7, 11) is -3.68. The first-order chi connectivity index (χ1) is 8.85. The summed E-state index contributed by atoms with van der Waals surface area (Å²) in [5.74, 6) is -0.976. The molecular weight excluding hydrogens is 268 g/mol. The fourth-order valence-corrected chi connectivity index (χ4v) is 2.72. The molecule has 0 amide bonds. The zero-order chi connectivity index (χ0) is 14.5. The van der Waals surface area contributed by atoms with E-state index in [1.807, 2.05) is 6.07 Å². The minimum Gasteiger partial charge on any atom is -0.481 e. The smallest absolute Gasteiger partial charge is 0.307 e. The first kappa shape index (κ1) is 15.1. The van der Waals surface area contributed by atoms with Crippen molar-refractivity contribution in [3.8, 4) is 6.07 Å². The van der Waals surface area contributed by atoms with Crippen molar-refractivity contribution in [2.45, 2.75) is 30.7 Å². The lowest BCUT2D eigenvalue weighted by Gasteiger charge is -2.11. The summed E-state index contributed by atoms with van der Waals surface area (Å²) >= 11 is 0. The largest absolute Gasteiger partial charge is 0.481 e. The quantitative estimate of drug-likeness (QED) is 0.805. The predicted octanol–water partition coefficient (Wildman–Crippen LogP) is 0.894. The van der Waals surface area contributed by atoms with Gasteiger partial charge in [0.05, 0.1) is 23.8 Å². The van der Waals surface area contributed by atoms with Gasteiger partial charge in [0, 0.05) is 6.04 Å². The lowest BCUT2D eigenvalue weighted by atomic mass is 10.2. The number of carbonyl (C=O) groups is 1. The number of benzene rings is 1. The molecule has 1 aromatic rings. The van der Waals surface area contributed by atoms with Crippen LogP contribution in [0.5, 0.6) is 0 Å². The first-order valence-corrected chi connectivity index (χ1v) is 7.03. The molecule has 0 saturated heterocycles. The van der Waals surface area contributed by atoms with Crippen LogP contribution < -0.4 is 4.72 Å². The Balaban J connectivity index is 2.85. The molecule has 0 saturated carbocycles. The molecule has 0 radical (unpaired) electrons. The molecule has 1 atom stereocenters. The van der Waals surface area contributed by atoms with Gasteiger partial charge in [-0.15, -0.1) is 0 Å². The average Bonchev–Trinajstić information content (AvgIpc) is 2.28. The van der Waals surface area contributed by atoms with E-state index in [0.29, 0.717) is 5.56 Å². The van der Waals surface area contributed by atoms with Gasteiger partial charge in [-0.2, -0.15) is 5.26 Å². The van der Waals surface area contributed by atoms with Gasteiger partial charge < -0.3 is 5.11 Å². The molecule has 0 aliphatic heterocycles. The van der Waals surface area contributed by atoms with Crippen LogP contribution in [0.4, 0.5) is 0 Å². The highest BCUT2D eigenvalue weighted by molar-refractivity contribution is 7.89. The number of rotatable bonds is 6. The van der Waals surface area contributed by atoms with Crippen molar-refractivity contribution in [1.29, 1.82) is 5.26 Å².